The van der Waals surface area contributed by atoms with E-state index >= 15 is 0 Å². The third-order valence-electron chi connectivity index (χ3n) is 5.17. The summed E-state index contributed by atoms with van der Waals surface area (Å²) >= 11 is 0. The molecule has 0 spiro atoms. The fourth-order valence-corrected chi connectivity index (χ4v) is 3.71. The van der Waals surface area contributed by atoms with Crippen molar-refractivity contribution in [3.8, 4) is 11.3 Å². The molecule has 5 heteroatoms. The number of hydrogen-bond donors (Lipinski definition) is 0. The summed E-state index contributed by atoms with van der Waals surface area (Å²) in [5.74, 6) is -0.0234. The molecule has 0 bridgehead atoms. The quantitative estimate of drug-likeness (QED) is 0.685. The van der Waals surface area contributed by atoms with Gasteiger partial charge in [0.2, 0.25) is 5.91 Å². The van der Waals surface area contributed by atoms with Gasteiger partial charge in [-0.05, 0) is 49.2 Å². The first kappa shape index (κ1) is 18.3. The van der Waals surface area contributed by atoms with E-state index in [-0.39, 0.29) is 17.6 Å². The van der Waals surface area contributed by atoms with Gasteiger partial charge < -0.3 is 4.90 Å². The lowest BCUT2D eigenvalue weighted by molar-refractivity contribution is -0.131. The zero-order valence-corrected chi connectivity index (χ0v) is 15.6. The Bertz CT molecular complexity index is 961. The number of benzene rings is 1. The van der Waals surface area contributed by atoms with Crippen molar-refractivity contribution in [1.82, 2.24) is 14.9 Å². The van der Waals surface area contributed by atoms with Gasteiger partial charge >= 0.3 is 0 Å². The third kappa shape index (κ3) is 4.09. The Hall–Kier alpha value is -3.08. The van der Waals surface area contributed by atoms with Crippen LogP contribution in [0.3, 0.4) is 0 Å². The Kier molecular flexibility index (Phi) is 5.42. The second-order valence-corrected chi connectivity index (χ2v) is 7.10. The van der Waals surface area contributed by atoms with Gasteiger partial charge in [0.15, 0.2) is 0 Å². The topological polar surface area (TPSA) is 46.1 Å². The minimum Gasteiger partial charge on any atom is -0.342 e. The number of nitrogens with zero attached hydrogens (tertiary/aromatic N) is 3. The molecule has 2 aromatic heterocycles. The highest BCUT2D eigenvalue weighted by molar-refractivity contribution is 5.78. The number of halogens is 1. The molecule has 28 heavy (non-hydrogen) atoms. The van der Waals surface area contributed by atoms with E-state index in [4.69, 9.17) is 4.98 Å². The molecule has 0 N–H and O–H groups in total. The van der Waals surface area contributed by atoms with Crippen molar-refractivity contribution < 1.29 is 9.18 Å². The number of rotatable bonds is 4. The van der Waals surface area contributed by atoms with Crippen molar-refractivity contribution >= 4 is 5.91 Å². The van der Waals surface area contributed by atoms with E-state index in [9.17, 15) is 9.18 Å². The molecule has 0 radical (unpaired) electrons. The molecule has 1 atom stereocenters. The van der Waals surface area contributed by atoms with Gasteiger partial charge in [-0.25, -0.2) is 4.39 Å². The van der Waals surface area contributed by atoms with Gasteiger partial charge in [-0.2, -0.15) is 0 Å². The maximum atomic E-state index is 14.1. The van der Waals surface area contributed by atoms with Gasteiger partial charge in [-0.3, -0.25) is 14.8 Å². The first-order valence-electron chi connectivity index (χ1n) is 9.60. The Labute approximate surface area is 164 Å². The van der Waals surface area contributed by atoms with Gasteiger partial charge in [0, 0.05) is 42.2 Å². The summed E-state index contributed by atoms with van der Waals surface area (Å²) in [4.78, 5) is 23.6. The normalized spacial score (nSPS) is 16.8. The van der Waals surface area contributed by atoms with Crippen LogP contribution in [0, 0.1) is 5.82 Å². The van der Waals surface area contributed by atoms with Crippen molar-refractivity contribution in [2.75, 3.05) is 13.1 Å². The van der Waals surface area contributed by atoms with Crippen molar-refractivity contribution in [3.05, 3.63) is 84.1 Å². The van der Waals surface area contributed by atoms with Crippen LogP contribution in [0.25, 0.3) is 11.3 Å². The Morgan fingerprint density at radius 3 is 2.75 bits per heavy atom. The number of hydrogen-bond acceptors (Lipinski definition) is 3. The fraction of sp³-hybridized carbons (Fsp3) is 0.261. The molecule has 3 aromatic rings. The second-order valence-electron chi connectivity index (χ2n) is 7.10. The smallest absolute Gasteiger partial charge is 0.228 e. The van der Waals surface area contributed by atoms with Gasteiger partial charge in [-0.1, -0.05) is 24.3 Å². The van der Waals surface area contributed by atoms with Gasteiger partial charge in [0.05, 0.1) is 12.1 Å². The van der Waals surface area contributed by atoms with Crippen LogP contribution in [0.5, 0.6) is 0 Å². The molecular weight excluding hydrogens is 353 g/mol. The molecule has 4 nitrogen and oxygen atoms in total. The number of aromatic nitrogens is 2. The molecule has 3 heterocycles. The maximum absolute atomic E-state index is 14.1. The van der Waals surface area contributed by atoms with Crippen LogP contribution < -0.4 is 0 Å². The highest BCUT2D eigenvalue weighted by Crippen LogP contribution is 2.28. The molecule has 142 valence electrons. The van der Waals surface area contributed by atoms with Crippen LogP contribution in [0.4, 0.5) is 4.39 Å². The standard InChI is InChI=1S/C23H22FN3O/c24-20-10-2-1-9-19(20)22-12-5-11-21(26-22)17-7-6-14-27(16-17)23(28)15-18-8-3-4-13-25-18/h1-5,8-13,17H,6-7,14-16H2. The molecule has 1 aromatic carbocycles. The van der Waals surface area contributed by atoms with Crippen molar-refractivity contribution in [2.24, 2.45) is 0 Å². The van der Waals surface area contributed by atoms with Crippen LogP contribution in [-0.4, -0.2) is 33.9 Å². The molecule has 1 saturated heterocycles. The average molecular weight is 375 g/mol. The SMILES string of the molecule is O=C(Cc1ccccn1)N1CCCC(c2cccc(-c3ccccc3F)n2)C1. The summed E-state index contributed by atoms with van der Waals surface area (Å²) in [5, 5.41) is 0. The number of carbonyl (C=O) groups excluding carboxylic acids is 1. The van der Waals surface area contributed by atoms with E-state index in [0.717, 1.165) is 30.8 Å². The molecule has 1 amide bonds. The number of likely N-dealkylation sites (tertiary alicyclic amines) is 1. The first-order valence-corrected chi connectivity index (χ1v) is 9.60. The van der Waals surface area contributed by atoms with Crippen LogP contribution in [0.1, 0.15) is 30.1 Å². The molecule has 1 aliphatic heterocycles. The number of pyridine rings is 2. The highest BCUT2D eigenvalue weighted by atomic mass is 19.1. The second kappa shape index (κ2) is 8.30. The molecule has 0 aliphatic carbocycles. The summed E-state index contributed by atoms with van der Waals surface area (Å²) in [6.45, 7) is 1.40. The first-order chi connectivity index (χ1) is 13.7. The number of piperidine rings is 1. The van der Waals surface area contributed by atoms with Gasteiger partial charge in [0.25, 0.3) is 0 Å². The largest absolute Gasteiger partial charge is 0.342 e. The molecular formula is C23H22FN3O. The van der Waals surface area contributed by atoms with Crippen LogP contribution in [0.15, 0.2) is 66.9 Å². The van der Waals surface area contributed by atoms with Gasteiger partial charge in [0.1, 0.15) is 5.82 Å². The summed E-state index contributed by atoms with van der Waals surface area (Å²) < 4.78 is 14.1. The molecule has 4 rings (SSSR count). The minimum absolute atomic E-state index is 0.0914. The number of amides is 1. The Morgan fingerprint density at radius 1 is 1.07 bits per heavy atom. The Morgan fingerprint density at radius 2 is 1.93 bits per heavy atom. The lowest BCUT2D eigenvalue weighted by atomic mass is 9.93. The Balaban J connectivity index is 1.50. The van der Waals surface area contributed by atoms with Gasteiger partial charge in [-0.15, -0.1) is 0 Å². The van der Waals surface area contributed by atoms with Crippen molar-refractivity contribution in [1.29, 1.82) is 0 Å². The monoisotopic (exact) mass is 375 g/mol. The predicted octanol–water partition coefficient (Wildman–Crippen LogP) is 4.23. The van der Waals surface area contributed by atoms with Crippen molar-refractivity contribution in [3.63, 3.8) is 0 Å². The van der Waals surface area contributed by atoms with E-state index < -0.39 is 0 Å². The molecule has 1 unspecified atom stereocenters. The summed E-state index contributed by atoms with van der Waals surface area (Å²) in [6, 6.07) is 18.0. The zero-order valence-electron chi connectivity index (χ0n) is 15.6. The van der Waals surface area contributed by atoms with E-state index in [1.165, 1.54) is 6.07 Å². The summed E-state index contributed by atoms with van der Waals surface area (Å²) in [6.07, 6.45) is 3.93. The van der Waals surface area contributed by atoms with Crippen LogP contribution in [-0.2, 0) is 11.2 Å². The lowest BCUT2D eigenvalue weighted by Gasteiger charge is -2.32. The zero-order chi connectivity index (χ0) is 19.3. The average Bonchev–Trinajstić information content (AvgIpc) is 2.75. The summed E-state index contributed by atoms with van der Waals surface area (Å²) in [5.41, 5.74) is 2.83. The summed E-state index contributed by atoms with van der Waals surface area (Å²) in [7, 11) is 0. The molecule has 1 aliphatic rings. The van der Waals surface area contributed by atoms with E-state index in [1.807, 2.05) is 47.4 Å². The fourth-order valence-electron chi connectivity index (χ4n) is 3.71. The predicted molar refractivity (Wildman–Crippen MR) is 106 cm³/mol. The van der Waals surface area contributed by atoms with Crippen molar-refractivity contribution in [2.45, 2.75) is 25.2 Å². The van der Waals surface area contributed by atoms with E-state index in [1.54, 1.807) is 18.3 Å². The highest BCUT2D eigenvalue weighted by Gasteiger charge is 2.26. The van der Waals surface area contributed by atoms with Crippen LogP contribution >= 0.6 is 0 Å². The van der Waals surface area contributed by atoms with E-state index in [0.29, 0.717) is 24.2 Å². The third-order valence-corrected chi connectivity index (χ3v) is 5.17. The lowest BCUT2D eigenvalue weighted by Crippen LogP contribution is -2.40. The maximum Gasteiger partial charge on any atom is 0.228 e. The molecule has 1 fully saturated rings. The van der Waals surface area contributed by atoms with Crippen LogP contribution in [0.2, 0.25) is 0 Å². The molecule has 0 saturated carbocycles. The van der Waals surface area contributed by atoms with E-state index in [2.05, 4.69) is 4.98 Å². The number of carbonyl (C=O) groups is 1. The minimum atomic E-state index is -0.275.